The molecule has 2 aromatic heterocycles. The summed E-state index contributed by atoms with van der Waals surface area (Å²) < 4.78 is 31.3. The number of H-pyrrole nitrogens is 1. The Bertz CT molecular complexity index is 724. The van der Waals surface area contributed by atoms with Crippen LogP contribution in [0.4, 0.5) is 0 Å². The van der Waals surface area contributed by atoms with Crippen LogP contribution in [0.1, 0.15) is 27.5 Å². The smallest absolute Gasteiger partial charge is 0.352 e. The zero-order chi connectivity index (χ0) is 14.9. The van der Waals surface area contributed by atoms with Crippen LogP contribution in [0, 0.1) is 13.8 Å². The largest absolute Gasteiger partial charge is 0.477 e. The summed E-state index contributed by atoms with van der Waals surface area (Å²) in [5.74, 6) is -0.692. The Balaban J connectivity index is 2.17. The van der Waals surface area contributed by atoms with E-state index in [9.17, 15) is 13.2 Å². The first-order chi connectivity index (χ1) is 9.31. The van der Waals surface area contributed by atoms with Crippen molar-refractivity contribution < 1.29 is 22.8 Å². The Morgan fingerprint density at radius 2 is 2.20 bits per heavy atom. The average Bonchev–Trinajstić information content (AvgIpc) is 2.96. The number of aromatic carboxylic acids is 1. The number of aromatic nitrogens is 2. The van der Waals surface area contributed by atoms with E-state index in [1.807, 2.05) is 0 Å². The van der Waals surface area contributed by atoms with Gasteiger partial charge in [-0.1, -0.05) is 5.16 Å². The fourth-order valence-corrected chi connectivity index (χ4v) is 2.65. The number of aromatic amines is 1. The van der Waals surface area contributed by atoms with Crippen LogP contribution in [-0.4, -0.2) is 29.6 Å². The van der Waals surface area contributed by atoms with Crippen molar-refractivity contribution in [2.24, 2.45) is 0 Å². The van der Waals surface area contributed by atoms with Crippen molar-refractivity contribution in [1.82, 2.24) is 14.9 Å². The van der Waals surface area contributed by atoms with Gasteiger partial charge in [0.2, 0.25) is 10.0 Å². The fourth-order valence-electron chi connectivity index (χ4n) is 1.66. The van der Waals surface area contributed by atoms with Gasteiger partial charge in [0.1, 0.15) is 16.3 Å². The molecule has 0 fully saturated rings. The number of hydrogen-bond donors (Lipinski definition) is 3. The molecule has 8 nitrogen and oxygen atoms in total. The van der Waals surface area contributed by atoms with Crippen molar-refractivity contribution in [2.45, 2.75) is 25.3 Å². The molecule has 9 heteroatoms. The van der Waals surface area contributed by atoms with Crippen molar-refractivity contribution in [3.05, 3.63) is 35.0 Å². The lowest BCUT2D eigenvalue weighted by atomic mass is 10.2. The van der Waals surface area contributed by atoms with Gasteiger partial charge in [-0.05, 0) is 19.9 Å². The van der Waals surface area contributed by atoms with E-state index in [1.165, 1.54) is 0 Å². The van der Waals surface area contributed by atoms with Gasteiger partial charge in [0.05, 0.1) is 5.69 Å². The first-order valence-electron chi connectivity index (χ1n) is 5.64. The number of sulfonamides is 1. The van der Waals surface area contributed by atoms with Crippen molar-refractivity contribution in [3.63, 3.8) is 0 Å². The van der Waals surface area contributed by atoms with Crippen LogP contribution in [0.25, 0.3) is 0 Å². The van der Waals surface area contributed by atoms with Crippen LogP contribution in [0.3, 0.4) is 0 Å². The number of carboxylic acids is 1. The fraction of sp³-hybridized carbons (Fsp3) is 0.273. The van der Waals surface area contributed by atoms with Gasteiger partial charge in [-0.15, -0.1) is 0 Å². The molecule has 0 amide bonds. The van der Waals surface area contributed by atoms with E-state index in [1.54, 1.807) is 13.8 Å². The van der Waals surface area contributed by atoms with Crippen molar-refractivity contribution in [3.8, 4) is 0 Å². The number of carboxylic acid groups (broad SMARTS) is 1. The van der Waals surface area contributed by atoms with Crippen LogP contribution in [-0.2, 0) is 16.6 Å². The SMILES string of the molecule is Cc1noc(C)c1CNS(=O)(=O)c1c[nH]c(C(=O)O)c1. The third-order valence-corrected chi connectivity index (χ3v) is 4.20. The molecular formula is C11H13N3O5S. The molecule has 0 aliphatic carbocycles. The highest BCUT2D eigenvalue weighted by Crippen LogP contribution is 2.15. The molecule has 3 N–H and O–H groups in total. The molecule has 0 unspecified atom stereocenters. The van der Waals surface area contributed by atoms with E-state index in [0.29, 0.717) is 17.0 Å². The Morgan fingerprint density at radius 1 is 1.50 bits per heavy atom. The van der Waals surface area contributed by atoms with E-state index in [0.717, 1.165) is 12.3 Å². The van der Waals surface area contributed by atoms with Gasteiger partial charge < -0.3 is 14.6 Å². The Kier molecular flexibility index (Phi) is 3.64. The van der Waals surface area contributed by atoms with Gasteiger partial charge in [0, 0.05) is 18.3 Å². The summed E-state index contributed by atoms with van der Waals surface area (Å²) in [5.41, 5.74) is 1.07. The molecule has 0 saturated heterocycles. The summed E-state index contributed by atoms with van der Waals surface area (Å²) in [6.45, 7) is 3.42. The summed E-state index contributed by atoms with van der Waals surface area (Å²) >= 11 is 0. The number of hydrogen-bond acceptors (Lipinski definition) is 5. The zero-order valence-corrected chi connectivity index (χ0v) is 11.6. The lowest BCUT2D eigenvalue weighted by Gasteiger charge is -2.04. The van der Waals surface area contributed by atoms with Gasteiger partial charge in [-0.3, -0.25) is 0 Å². The van der Waals surface area contributed by atoms with Crippen LogP contribution < -0.4 is 4.72 Å². The van der Waals surface area contributed by atoms with Gasteiger partial charge in [-0.2, -0.15) is 0 Å². The van der Waals surface area contributed by atoms with Gasteiger partial charge in [0.15, 0.2) is 0 Å². The van der Waals surface area contributed by atoms with Gasteiger partial charge in [-0.25, -0.2) is 17.9 Å². The average molecular weight is 299 g/mol. The predicted molar refractivity (Wildman–Crippen MR) is 67.8 cm³/mol. The van der Waals surface area contributed by atoms with Crippen LogP contribution in [0.15, 0.2) is 21.7 Å². The molecule has 2 heterocycles. The molecule has 0 bridgehead atoms. The lowest BCUT2D eigenvalue weighted by Crippen LogP contribution is -2.23. The molecule has 0 spiro atoms. The van der Waals surface area contributed by atoms with E-state index in [2.05, 4.69) is 14.9 Å². The third-order valence-electron chi connectivity index (χ3n) is 2.82. The van der Waals surface area contributed by atoms with E-state index in [4.69, 9.17) is 9.63 Å². The predicted octanol–water partition coefficient (Wildman–Crippen LogP) is 0.796. The standard InChI is InChI=1S/C11H13N3O5S/c1-6-9(7(2)19-14-6)5-13-20(17,18)8-3-10(11(15)16)12-4-8/h3-4,12-13H,5H2,1-2H3,(H,15,16). The normalized spacial score (nSPS) is 11.7. The first-order valence-corrected chi connectivity index (χ1v) is 7.12. The molecule has 0 saturated carbocycles. The first kappa shape index (κ1) is 14.3. The number of nitrogens with one attached hydrogen (secondary N) is 2. The maximum absolute atomic E-state index is 12.0. The molecule has 2 aromatic rings. The summed E-state index contributed by atoms with van der Waals surface area (Å²) in [6, 6.07) is 1.05. The second-order valence-corrected chi connectivity index (χ2v) is 5.95. The second kappa shape index (κ2) is 5.10. The minimum atomic E-state index is -3.80. The summed E-state index contributed by atoms with van der Waals surface area (Å²) in [7, 11) is -3.80. The van der Waals surface area contributed by atoms with Crippen molar-refractivity contribution in [1.29, 1.82) is 0 Å². The molecule has 0 atom stereocenters. The number of aryl methyl sites for hydroxylation is 2. The van der Waals surface area contributed by atoms with Crippen LogP contribution in [0.2, 0.25) is 0 Å². The maximum Gasteiger partial charge on any atom is 0.352 e. The zero-order valence-electron chi connectivity index (χ0n) is 10.8. The highest BCUT2D eigenvalue weighted by Gasteiger charge is 2.19. The monoisotopic (exact) mass is 299 g/mol. The molecule has 20 heavy (non-hydrogen) atoms. The van der Waals surface area contributed by atoms with E-state index >= 15 is 0 Å². The highest BCUT2D eigenvalue weighted by molar-refractivity contribution is 7.89. The molecule has 2 rings (SSSR count). The minimum Gasteiger partial charge on any atom is -0.477 e. The third kappa shape index (κ3) is 2.73. The molecule has 108 valence electrons. The molecule has 0 aliphatic rings. The highest BCUT2D eigenvalue weighted by atomic mass is 32.2. The number of rotatable bonds is 5. The van der Waals surface area contributed by atoms with Gasteiger partial charge >= 0.3 is 5.97 Å². The maximum atomic E-state index is 12.0. The van der Waals surface area contributed by atoms with E-state index < -0.39 is 16.0 Å². The van der Waals surface area contributed by atoms with Crippen molar-refractivity contribution >= 4 is 16.0 Å². The molecule has 0 aliphatic heterocycles. The molecule has 0 aromatic carbocycles. The summed E-state index contributed by atoms with van der Waals surface area (Å²) in [4.78, 5) is 12.9. The quantitative estimate of drug-likeness (QED) is 0.749. The molecule has 0 radical (unpaired) electrons. The Hall–Kier alpha value is -2.13. The Morgan fingerprint density at radius 3 is 2.70 bits per heavy atom. The topological polar surface area (TPSA) is 125 Å². The summed E-state index contributed by atoms with van der Waals surface area (Å²) in [6.07, 6.45) is 1.12. The minimum absolute atomic E-state index is 0.0249. The second-order valence-electron chi connectivity index (χ2n) is 4.18. The summed E-state index contributed by atoms with van der Waals surface area (Å²) in [5, 5.41) is 12.5. The Labute approximate surface area is 114 Å². The number of nitrogens with zero attached hydrogens (tertiary/aromatic N) is 1. The van der Waals surface area contributed by atoms with Crippen LogP contribution >= 0.6 is 0 Å². The van der Waals surface area contributed by atoms with Crippen LogP contribution in [0.5, 0.6) is 0 Å². The molecular weight excluding hydrogens is 286 g/mol. The number of carbonyl (C=O) groups is 1. The van der Waals surface area contributed by atoms with Gasteiger partial charge in [0.25, 0.3) is 0 Å². The lowest BCUT2D eigenvalue weighted by molar-refractivity contribution is 0.0691. The van der Waals surface area contributed by atoms with Crippen molar-refractivity contribution in [2.75, 3.05) is 0 Å². The van der Waals surface area contributed by atoms with E-state index in [-0.39, 0.29) is 17.1 Å².